The lowest BCUT2D eigenvalue weighted by atomic mass is 10.2. The van der Waals surface area contributed by atoms with Crippen LogP contribution in [0, 0.1) is 0 Å². The summed E-state index contributed by atoms with van der Waals surface area (Å²) in [6, 6.07) is 18.2. The van der Waals surface area contributed by atoms with E-state index in [4.69, 9.17) is 4.74 Å². The third kappa shape index (κ3) is 5.86. The zero-order chi connectivity index (χ0) is 24.0. The maximum atomic E-state index is 13.0. The quantitative estimate of drug-likeness (QED) is 0.479. The second-order valence-corrected chi connectivity index (χ2v) is 10.3. The number of morpholine rings is 1. The lowest BCUT2D eigenvalue weighted by Crippen LogP contribution is -2.36. The summed E-state index contributed by atoms with van der Waals surface area (Å²) in [6.45, 7) is 8.13. The van der Waals surface area contributed by atoms with Crippen molar-refractivity contribution in [3.63, 3.8) is 0 Å². The number of carbonyl (C=O) groups excluding carboxylic acids is 1. The standard InChI is InChI=1S/C26H32N6O2S/c1-20(25(33)27-21-9-11-22(12-10-21)31-15-17-34-18-16-31)35-26-29-28-24(19-30-13-5-6-14-30)32(26)23-7-3-2-4-8-23/h2-4,7-12,20H,5-6,13-19H2,1H3,(H,27,33). The highest BCUT2D eigenvalue weighted by molar-refractivity contribution is 8.00. The molecule has 3 aromatic rings. The van der Waals surface area contributed by atoms with Crippen LogP contribution in [0.3, 0.4) is 0 Å². The predicted octanol–water partition coefficient (Wildman–Crippen LogP) is 3.82. The molecule has 0 spiro atoms. The molecule has 5 rings (SSSR count). The minimum atomic E-state index is -0.333. The summed E-state index contributed by atoms with van der Waals surface area (Å²) in [4.78, 5) is 17.7. The highest BCUT2D eigenvalue weighted by Gasteiger charge is 2.23. The Bertz CT molecular complexity index is 1110. The fourth-order valence-electron chi connectivity index (χ4n) is 4.49. The van der Waals surface area contributed by atoms with Crippen LogP contribution in [0.1, 0.15) is 25.6 Å². The summed E-state index contributed by atoms with van der Waals surface area (Å²) < 4.78 is 7.52. The number of nitrogens with zero attached hydrogens (tertiary/aromatic N) is 5. The van der Waals surface area contributed by atoms with Crippen LogP contribution in [-0.4, -0.2) is 70.2 Å². The molecular formula is C26H32N6O2S. The van der Waals surface area contributed by atoms with Crippen LogP contribution >= 0.6 is 11.8 Å². The molecule has 3 heterocycles. The fraction of sp³-hybridized carbons (Fsp3) is 0.423. The van der Waals surface area contributed by atoms with E-state index in [9.17, 15) is 4.79 Å². The van der Waals surface area contributed by atoms with E-state index in [1.807, 2.05) is 37.3 Å². The van der Waals surface area contributed by atoms with Gasteiger partial charge < -0.3 is 15.0 Å². The number of rotatable bonds is 8. The SMILES string of the molecule is CC(Sc1nnc(CN2CCCC2)n1-c1ccccc1)C(=O)Nc1ccc(N2CCOCC2)cc1. The van der Waals surface area contributed by atoms with Gasteiger partial charge in [-0.2, -0.15) is 0 Å². The number of hydrogen-bond donors (Lipinski definition) is 1. The molecule has 35 heavy (non-hydrogen) atoms. The molecular weight excluding hydrogens is 460 g/mol. The largest absolute Gasteiger partial charge is 0.378 e. The van der Waals surface area contributed by atoms with E-state index in [0.717, 1.165) is 74.0 Å². The molecule has 1 amide bonds. The Labute approximate surface area is 210 Å². The van der Waals surface area contributed by atoms with E-state index in [1.54, 1.807) is 0 Å². The topological polar surface area (TPSA) is 75.5 Å². The first-order chi connectivity index (χ1) is 17.2. The normalized spacial score (nSPS) is 17.5. The van der Waals surface area contributed by atoms with E-state index in [0.29, 0.717) is 0 Å². The minimum absolute atomic E-state index is 0.0576. The monoisotopic (exact) mass is 492 g/mol. The summed E-state index contributed by atoms with van der Waals surface area (Å²) in [7, 11) is 0. The molecule has 2 saturated heterocycles. The molecule has 2 aliphatic heterocycles. The molecule has 9 heteroatoms. The summed E-state index contributed by atoms with van der Waals surface area (Å²) in [5.41, 5.74) is 2.95. The van der Waals surface area contributed by atoms with Gasteiger partial charge in [0.2, 0.25) is 5.91 Å². The number of hydrogen-bond acceptors (Lipinski definition) is 7. The summed E-state index contributed by atoms with van der Waals surface area (Å²) in [5, 5.41) is 12.4. The molecule has 1 atom stereocenters. The van der Waals surface area contributed by atoms with Gasteiger partial charge in [0.1, 0.15) is 0 Å². The van der Waals surface area contributed by atoms with Gasteiger partial charge >= 0.3 is 0 Å². The Balaban J connectivity index is 1.26. The molecule has 184 valence electrons. The number of amides is 1. The van der Waals surface area contributed by atoms with Gasteiger partial charge in [0.15, 0.2) is 11.0 Å². The molecule has 1 unspecified atom stereocenters. The van der Waals surface area contributed by atoms with Gasteiger partial charge in [-0.15, -0.1) is 10.2 Å². The van der Waals surface area contributed by atoms with Crippen LogP contribution in [0.2, 0.25) is 0 Å². The first-order valence-electron chi connectivity index (χ1n) is 12.3. The molecule has 1 aromatic heterocycles. The van der Waals surface area contributed by atoms with Gasteiger partial charge in [-0.3, -0.25) is 14.3 Å². The lowest BCUT2D eigenvalue weighted by Gasteiger charge is -2.28. The van der Waals surface area contributed by atoms with Crippen molar-refractivity contribution >= 4 is 29.0 Å². The van der Waals surface area contributed by atoms with Crippen LogP contribution in [0.4, 0.5) is 11.4 Å². The van der Waals surface area contributed by atoms with Gasteiger partial charge in [0.25, 0.3) is 0 Å². The minimum Gasteiger partial charge on any atom is -0.378 e. The highest BCUT2D eigenvalue weighted by atomic mass is 32.2. The number of para-hydroxylation sites is 1. The van der Waals surface area contributed by atoms with E-state index in [2.05, 4.69) is 54.1 Å². The maximum absolute atomic E-state index is 13.0. The lowest BCUT2D eigenvalue weighted by molar-refractivity contribution is -0.115. The molecule has 2 aliphatic rings. The molecule has 8 nitrogen and oxygen atoms in total. The van der Waals surface area contributed by atoms with Crippen molar-refractivity contribution in [3.8, 4) is 5.69 Å². The smallest absolute Gasteiger partial charge is 0.237 e. The van der Waals surface area contributed by atoms with E-state index in [-0.39, 0.29) is 11.2 Å². The van der Waals surface area contributed by atoms with Gasteiger partial charge in [-0.25, -0.2) is 0 Å². The van der Waals surface area contributed by atoms with Crippen LogP contribution in [0.25, 0.3) is 5.69 Å². The number of benzene rings is 2. The second-order valence-electron chi connectivity index (χ2n) is 8.95. The number of likely N-dealkylation sites (tertiary alicyclic amines) is 1. The molecule has 2 fully saturated rings. The van der Waals surface area contributed by atoms with Crippen molar-refractivity contribution in [1.82, 2.24) is 19.7 Å². The Morgan fingerprint density at radius 2 is 1.69 bits per heavy atom. The molecule has 0 radical (unpaired) electrons. The van der Waals surface area contributed by atoms with Gasteiger partial charge in [0.05, 0.1) is 25.0 Å². The maximum Gasteiger partial charge on any atom is 0.237 e. The van der Waals surface area contributed by atoms with Gasteiger partial charge in [-0.05, 0) is 69.3 Å². The predicted molar refractivity (Wildman–Crippen MR) is 139 cm³/mol. The molecule has 2 aromatic carbocycles. The molecule has 0 aliphatic carbocycles. The van der Waals surface area contributed by atoms with Crippen molar-refractivity contribution in [3.05, 3.63) is 60.4 Å². The number of aromatic nitrogens is 3. The van der Waals surface area contributed by atoms with Crippen molar-refractivity contribution < 1.29 is 9.53 Å². The van der Waals surface area contributed by atoms with E-state index < -0.39 is 0 Å². The Kier molecular flexibility index (Phi) is 7.66. The first-order valence-corrected chi connectivity index (χ1v) is 13.2. The molecule has 1 N–H and O–H groups in total. The van der Waals surface area contributed by atoms with E-state index >= 15 is 0 Å². The number of thioether (sulfide) groups is 1. The van der Waals surface area contributed by atoms with Crippen LogP contribution in [0.5, 0.6) is 0 Å². The Hall–Kier alpha value is -2.88. The van der Waals surface area contributed by atoms with Crippen molar-refractivity contribution in [2.45, 2.75) is 36.7 Å². The first kappa shape index (κ1) is 23.8. The fourth-order valence-corrected chi connectivity index (χ4v) is 5.38. The van der Waals surface area contributed by atoms with Crippen molar-refractivity contribution in [2.75, 3.05) is 49.6 Å². The third-order valence-corrected chi connectivity index (χ3v) is 7.48. The van der Waals surface area contributed by atoms with Gasteiger partial charge in [0, 0.05) is 30.2 Å². The number of nitrogens with one attached hydrogen (secondary N) is 1. The second kappa shape index (κ2) is 11.2. The third-order valence-electron chi connectivity index (χ3n) is 6.44. The molecule has 0 saturated carbocycles. The summed E-state index contributed by atoms with van der Waals surface area (Å²) in [6.07, 6.45) is 2.46. The Morgan fingerprint density at radius 3 is 2.40 bits per heavy atom. The zero-order valence-electron chi connectivity index (χ0n) is 20.1. The highest BCUT2D eigenvalue weighted by Crippen LogP contribution is 2.28. The summed E-state index contributed by atoms with van der Waals surface area (Å²) in [5.74, 6) is 0.852. The van der Waals surface area contributed by atoms with Crippen LogP contribution in [0.15, 0.2) is 59.8 Å². The summed E-state index contributed by atoms with van der Waals surface area (Å²) >= 11 is 1.43. The van der Waals surface area contributed by atoms with Crippen LogP contribution in [-0.2, 0) is 16.1 Å². The zero-order valence-corrected chi connectivity index (χ0v) is 20.9. The van der Waals surface area contributed by atoms with E-state index in [1.165, 1.54) is 24.6 Å². The molecule has 0 bridgehead atoms. The number of ether oxygens (including phenoxy) is 1. The van der Waals surface area contributed by atoms with Crippen molar-refractivity contribution in [1.29, 1.82) is 0 Å². The van der Waals surface area contributed by atoms with Crippen molar-refractivity contribution in [2.24, 2.45) is 0 Å². The Morgan fingerprint density at radius 1 is 0.971 bits per heavy atom. The average Bonchev–Trinajstić information content (AvgIpc) is 3.56. The number of carbonyl (C=O) groups is 1. The van der Waals surface area contributed by atoms with Crippen LogP contribution < -0.4 is 10.2 Å². The van der Waals surface area contributed by atoms with Gasteiger partial charge in [-0.1, -0.05) is 30.0 Å². The number of anilines is 2. The average molecular weight is 493 g/mol.